The van der Waals surface area contributed by atoms with Crippen LogP contribution in [-0.4, -0.2) is 28.0 Å². The van der Waals surface area contributed by atoms with Crippen molar-refractivity contribution in [1.29, 1.82) is 0 Å². The third-order valence-electron chi connectivity index (χ3n) is 2.30. The molecule has 0 spiro atoms. The summed E-state index contributed by atoms with van der Waals surface area (Å²) in [6.07, 6.45) is 0. The summed E-state index contributed by atoms with van der Waals surface area (Å²) in [7, 11) is 0. The third-order valence-corrected chi connectivity index (χ3v) is 2.90. The SMILES string of the molecule is CCOC(=O)c1n[nH]nc1-c1c(Cl)ccc(Cl)c1F. The highest BCUT2D eigenvalue weighted by atomic mass is 35.5. The molecule has 8 heteroatoms. The predicted molar refractivity (Wildman–Crippen MR) is 67.8 cm³/mol. The van der Waals surface area contributed by atoms with E-state index in [0.29, 0.717) is 0 Å². The molecule has 2 rings (SSSR count). The molecule has 19 heavy (non-hydrogen) atoms. The first-order valence-electron chi connectivity index (χ1n) is 5.28. The molecule has 0 radical (unpaired) electrons. The number of carbonyl (C=O) groups excluding carboxylic acids is 1. The zero-order valence-electron chi connectivity index (χ0n) is 9.71. The molecule has 1 aromatic heterocycles. The summed E-state index contributed by atoms with van der Waals surface area (Å²) in [4.78, 5) is 11.7. The van der Waals surface area contributed by atoms with Gasteiger partial charge in [-0.15, -0.1) is 5.10 Å². The smallest absolute Gasteiger partial charge is 0.361 e. The largest absolute Gasteiger partial charge is 0.461 e. The molecule has 1 aromatic carbocycles. The molecule has 1 N–H and O–H groups in total. The van der Waals surface area contributed by atoms with E-state index >= 15 is 0 Å². The van der Waals surface area contributed by atoms with Crippen LogP contribution < -0.4 is 0 Å². The van der Waals surface area contributed by atoms with Crippen molar-refractivity contribution in [1.82, 2.24) is 15.4 Å². The van der Waals surface area contributed by atoms with Gasteiger partial charge in [-0.25, -0.2) is 9.18 Å². The Hall–Kier alpha value is -1.66. The van der Waals surface area contributed by atoms with Crippen LogP contribution in [0.2, 0.25) is 10.0 Å². The number of nitrogens with zero attached hydrogens (tertiary/aromatic N) is 2. The van der Waals surface area contributed by atoms with Crippen molar-refractivity contribution in [3.8, 4) is 11.3 Å². The second-order valence-electron chi connectivity index (χ2n) is 3.46. The van der Waals surface area contributed by atoms with Gasteiger partial charge < -0.3 is 4.74 Å². The molecule has 0 aliphatic heterocycles. The highest BCUT2D eigenvalue weighted by Crippen LogP contribution is 2.34. The highest BCUT2D eigenvalue weighted by molar-refractivity contribution is 6.35. The van der Waals surface area contributed by atoms with E-state index in [4.69, 9.17) is 27.9 Å². The van der Waals surface area contributed by atoms with Crippen LogP contribution in [0.5, 0.6) is 0 Å². The van der Waals surface area contributed by atoms with Gasteiger partial charge in [0.05, 0.1) is 22.2 Å². The average Bonchev–Trinajstić information content (AvgIpc) is 2.84. The molecular weight excluding hydrogens is 296 g/mol. The monoisotopic (exact) mass is 303 g/mol. The summed E-state index contributed by atoms with van der Waals surface area (Å²) in [6.45, 7) is 1.81. The lowest BCUT2D eigenvalue weighted by Crippen LogP contribution is -2.07. The maximum Gasteiger partial charge on any atom is 0.361 e. The second kappa shape index (κ2) is 5.54. The Balaban J connectivity index is 2.58. The van der Waals surface area contributed by atoms with Gasteiger partial charge in [0.15, 0.2) is 11.5 Å². The van der Waals surface area contributed by atoms with Crippen molar-refractivity contribution in [2.45, 2.75) is 6.92 Å². The fraction of sp³-hybridized carbons (Fsp3) is 0.182. The van der Waals surface area contributed by atoms with Crippen molar-refractivity contribution < 1.29 is 13.9 Å². The molecular formula is C11H8Cl2FN3O2. The lowest BCUT2D eigenvalue weighted by atomic mass is 10.1. The molecule has 0 unspecified atom stereocenters. The molecule has 0 amide bonds. The van der Waals surface area contributed by atoms with E-state index in [1.807, 2.05) is 0 Å². The van der Waals surface area contributed by atoms with E-state index in [2.05, 4.69) is 15.4 Å². The van der Waals surface area contributed by atoms with Crippen molar-refractivity contribution in [3.63, 3.8) is 0 Å². The van der Waals surface area contributed by atoms with E-state index < -0.39 is 11.8 Å². The summed E-state index contributed by atoms with van der Waals surface area (Å²) in [6, 6.07) is 2.72. The Morgan fingerprint density at radius 1 is 1.37 bits per heavy atom. The number of aromatic nitrogens is 3. The third kappa shape index (κ3) is 2.54. The number of hydrogen-bond donors (Lipinski definition) is 1. The maximum atomic E-state index is 14.0. The first-order valence-corrected chi connectivity index (χ1v) is 6.03. The second-order valence-corrected chi connectivity index (χ2v) is 4.27. The maximum absolute atomic E-state index is 14.0. The van der Waals surface area contributed by atoms with Gasteiger partial charge in [0.25, 0.3) is 0 Å². The molecule has 5 nitrogen and oxygen atoms in total. The summed E-state index contributed by atoms with van der Waals surface area (Å²) in [5.74, 6) is -1.49. The Morgan fingerprint density at radius 2 is 2.05 bits per heavy atom. The fourth-order valence-corrected chi connectivity index (χ4v) is 1.88. The van der Waals surface area contributed by atoms with Gasteiger partial charge in [-0.1, -0.05) is 23.2 Å². The molecule has 0 saturated carbocycles. The van der Waals surface area contributed by atoms with Gasteiger partial charge in [-0.3, -0.25) is 0 Å². The number of rotatable bonds is 3. The van der Waals surface area contributed by atoms with Crippen LogP contribution >= 0.6 is 23.2 Å². The van der Waals surface area contributed by atoms with Gasteiger partial charge in [0.1, 0.15) is 5.69 Å². The topological polar surface area (TPSA) is 67.9 Å². The standard InChI is InChI=1S/C11H8Cl2FN3O2/c1-2-19-11(18)10-9(15-17-16-10)7-5(12)3-4-6(13)8(7)14/h3-4H,2H2,1H3,(H,15,16,17). The summed E-state index contributed by atoms with van der Waals surface area (Å²) < 4.78 is 18.8. The lowest BCUT2D eigenvalue weighted by molar-refractivity contribution is 0.0520. The summed E-state index contributed by atoms with van der Waals surface area (Å²) in [5, 5.41) is 9.56. The molecule has 2 aromatic rings. The van der Waals surface area contributed by atoms with Crippen LogP contribution in [0.25, 0.3) is 11.3 Å². The number of benzene rings is 1. The molecule has 0 saturated heterocycles. The first-order chi connectivity index (χ1) is 9.06. The lowest BCUT2D eigenvalue weighted by Gasteiger charge is -2.06. The fourth-order valence-electron chi connectivity index (χ4n) is 1.49. The van der Waals surface area contributed by atoms with Crippen LogP contribution in [0.1, 0.15) is 17.4 Å². The van der Waals surface area contributed by atoms with E-state index in [9.17, 15) is 9.18 Å². The number of halogens is 3. The number of esters is 1. The van der Waals surface area contributed by atoms with Crippen LogP contribution in [0, 0.1) is 5.82 Å². The van der Waals surface area contributed by atoms with Crippen LogP contribution in [0.4, 0.5) is 4.39 Å². The Kier molecular flexibility index (Phi) is 4.01. The zero-order valence-corrected chi connectivity index (χ0v) is 11.2. The molecule has 0 aliphatic carbocycles. The normalized spacial score (nSPS) is 10.5. The molecule has 1 heterocycles. The van der Waals surface area contributed by atoms with Gasteiger partial charge in [-0.05, 0) is 19.1 Å². The number of aromatic amines is 1. The molecule has 0 fully saturated rings. The minimum absolute atomic E-state index is 0.0385. The number of nitrogens with one attached hydrogen (secondary N) is 1. The van der Waals surface area contributed by atoms with Gasteiger partial charge in [0, 0.05) is 0 Å². The molecule has 0 aliphatic rings. The number of carbonyl (C=O) groups is 1. The van der Waals surface area contributed by atoms with Crippen LogP contribution in [0.15, 0.2) is 12.1 Å². The van der Waals surface area contributed by atoms with Crippen molar-refractivity contribution >= 4 is 29.2 Å². The number of ether oxygens (including phenoxy) is 1. The average molecular weight is 304 g/mol. The van der Waals surface area contributed by atoms with Gasteiger partial charge >= 0.3 is 5.97 Å². The van der Waals surface area contributed by atoms with E-state index in [-0.39, 0.29) is 33.6 Å². The van der Waals surface area contributed by atoms with E-state index in [1.54, 1.807) is 6.92 Å². The molecule has 0 atom stereocenters. The van der Waals surface area contributed by atoms with Gasteiger partial charge in [0.2, 0.25) is 0 Å². The summed E-state index contributed by atoms with van der Waals surface area (Å²) in [5.41, 5.74) is -0.278. The zero-order chi connectivity index (χ0) is 14.0. The quantitative estimate of drug-likeness (QED) is 0.699. The van der Waals surface area contributed by atoms with Crippen molar-refractivity contribution in [2.24, 2.45) is 0 Å². The van der Waals surface area contributed by atoms with E-state index in [0.717, 1.165) is 0 Å². The number of hydrogen-bond acceptors (Lipinski definition) is 4. The highest BCUT2D eigenvalue weighted by Gasteiger charge is 2.24. The minimum Gasteiger partial charge on any atom is -0.461 e. The van der Waals surface area contributed by atoms with Crippen LogP contribution in [-0.2, 0) is 4.74 Å². The molecule has 0 bridgehead atoms. The van der Waals surface area contributed by atoms with E-state index in [1.165, 1.54) is 12.1 Å². The van der Waals surface area contributed by atoms with Gasteiger partial charge in [-0.2, -0.15) is 10.3 Å². The van der Waals surface area contributed by atoms with Crippen molar-refractivity contribution in [2.75, 3.05) is 6.61 Å². The minimum atomic E-state index is -0.770. The molecule has 100 valence electrons. The Bertz CT molecular complexity index is 630. The summed E-state index contributed by atoms with van der Waals surface area (Å²) >= 11 is 11.6. The Labute approximate surface area is 117 Å². The number of H-pyrrole nitrogens is 1. The van der Waals surface area contributed by atoms with Crippen LogP contribution in [0.3, 0.4) is 0 Å². The van der Waals surface area contributed by atoms with Crippen molar-refractivity contribution in [3.05, 3.63) is 33.7 Å². The Morgan fingerprint density at radius 3 is 2.74 bits per heavy atom. The predicted octanol–water partition coefficient (Wildman–Crippen LogP) is 3.09. The first kappa shape index (κ1) is 13.8.